The van der Waals surface area contributed by atoms with E-state index in [9.17, 15) is 4.79 Å². The highest BCUT2D eigenvalue weighted by Crippen LogP contribution is 2.23. The van der Waals surface area contributed by atoms with Gasteiger partial charge in [0.25, 0.3) is 0 Å². The zero-order valence-corrected chi connectivity index (χ0v) is 16.2. The Kier molecular flexibility index (Phi) is 9.37. The third-order valence-electron chi connectivity index (χ3n) is 4.42. The maximum atomic E-state index is 10.9. The second kappa shape index (κ2) is 12.3. The Morgan fingerprint density at radius 3 is 1.96 bits per heavy atom. The average molecular weight is 377 g/mol. The van der Waals surface area contributed by atoms with Crippen LogP contribution in [0, 0.1) is 11.3 Å². The molecular formula is C24H27NO3. The molecule has 0 aliphatic heterocycles. The quantitative estimate of drug-likeness (QED) is 0.271. The zero-order valence-electron chi connectivity index (χ0n) is 16.2. The molecule has 28 heavy (non-hydrogen) atoms. The molecular weight excluding hydrogens is 350 g/mol. The van der Waals surface area contributed by atoms with Crippen LogP contribution < -0.4 is 4.74 Å². The van der Waals surface area contributed by atoms with Gasteiger partial charge < -0.3 is 9.47 Å². The van der Waals surface area contributed by atoms with E-state index in [0.29, 0.717) is 18.8 Å². The molecule has 0 aliphatic carbocycles. The largest absolute Gasteiger partial charge is 0.494 e. The van der Waals surface area contributed by atoms with Crippen LogP contribution in [0.25, 0.3) is 11.1 Å². The number of nitrogens with zero attached hydrogens (tertiary/aromatic N) is 1. The van der Waals surface area contributed by atoms with Gasteiger partial charge in [-0.15, -0.1) is 0 Å². The second-order valence-electron chi connectivity index (χ2n) is 6.55. The molecule has 4 heteroatoms. The first-order valence-electron chi connectivity index (χ1n) is 9.75. The van der Waals surface area contributed by atoms with Crippen molar-refractivity contribution in [3.63, 3.8) is 0 Å². The van der Waals surface area contributed by atoms with Crippen molar-refractivity contribution in [3.05, 3.63) is 66.7 Å². The highest BCUT2D eigenvalue weighted by Gasteiger charge is 2.00. The van der Waals surface area contributed by atoms with Gasteiger partial charge in [0.15, 0.2) is 0 Å². The Balaban J connectivity index is 1.56. The second-order valence-corrected chi connectivity index (χ2v) is 6.55. The van der Waals surface area contributed by atoms with Gasteiger partial charge in [-0.2, -0.15) is 5.26 Å². The van der Waals surface area contributed by atoms with Crippen molar-refractivity contribution in [1.82, 2.24) is 0 Å². The zero-order chi connectivity index (χ0) is 20.0. The molecule has 0 N–H and O–H groups in total. The molecule has 0 atom stereocenters. The maximum absolute atomic E-state index is 10.9. The fourth-order valence-electron chi connectivity index (χ4n) is 2.81. The molecule has 0 saturated carbocycles. The summed E-state index contributed by atoms with van der Waals surface area (Å²) in [6.45, 7) is 4.56. The highest BCUT2D eigenvalue weighted by atomic mass is 16.5. The summed E-state index contributed by atoms with van der Waals surface area (Å²) in [6, 6.07) is 17.7. The van der Waals surface area contributed by atoms with E-state index in [1.807, 2.05) is 48.5 Å². The first-order valence-corrected chi connectivity index (χ1v) is 9.75. The lowest BCUT2D eigenvalue weighted by Gasteiger charge is -2.08. The number of hydrogen-bond acceptors (Lipinski definition) is 4. The number of esters is 1. The highest BCUT2D eigenvalue weighted by molar-refractivity contribution is 5.81. The molecule has 0 radical (unpaired) electrons. The van der Waals surface area contributed by atoms with Gasteiger partial charge in [0.05, 0.1) is 24.8 Å². The van der Waals surface area contributed by atoms with E-state index < -0.39 is 0 Å². The van der Waals surface area contributed by atoms with Crippen molar-refractivity contribution in [2.75, 3.05) is 13.2 Å². The minimum absolute atomic E-state index is 0.345. The van der Waals surface area contributed by atoms with E-state index in [4.69, 9.17) is 14.7 Å². The number of unbranched alkanes of at least 4 members (excludes halogenated alkanes) is 5. The summed E-state index contributed by atoms with van der Waals surface area (Å²) in [6.07, 6.45) is 7.64. The molecule has 2 aromatic carbocycles. The third kappa shape index (κ3) is 7.67. The maximum Gasteiger partial charge on any atom is 0.330 e. The summed E-state index contributed by atoms with van der Waals surface area (Å²) >= 11 is 0. The van der Waals surface area contributed by atoms with Crippen molar-refractivity contribution >= 4 is 5.97 Å². The Morgan fingerprint density at radius 1 is 0.857 bits per heavy atom. The van der Waals surface area contributed by atoms with Crippen molar-refractivity contribution in [3.8, 4) is 22.9 Å². The van der Waals surface area contributed by atoms with E-state index >= 15 is 0 Å². The summed E-state index contributed by atoms with van der Waals surface area (Å²) in [7, 11) is 0. The number of hydrogen-bond donors (Lipinski definition) is 0. The number of carbonyl (C=O) groups excluding carboxylic acids is 1. The molecule has 0 aliphatic rings. The first-order chi connectivity index (χ1) is 13.7. The number of rotatable bonds is 12. The van der Waals surface area contributed by atoms with Gasteiger partial charge in [-0.3, -0.25) is 0 Å². The minimum atomic E-state index is -0.345. The average Bonchev–Trinajstić information content (AvgIpc) is 2.75. The van der Waals surface area contributed by atoms with Gasteiger partial charge in [-0.1, -0.05) is 56.5 Å². The normalized spacial score (nSPS) is 10.1. The first kappa shape index (κ1) is 21.2. The van der Waals surface area contributed by atoms with Crippen molar-refractivity contribution in [2.24, 2.45) is 0 Å². The van der Waals surface area contributed by atoms with Crippen LogP contribution in [0.1, 0.15) is 44.1 Å². The van der Waals surface area contributed by atoms with Crippen LogP contribution in [-0.4, -0.2) is 19.2 Å². The predicted octanol–water partition coefficient (Wildman–Crippen LogP) is 5.67. The summed E-state index contributed by atoms with van der Waals surface area (Å²) in [5.41, 5.74) is 2.86. The molecule has 146 valence electrons. The molecule has 0 bridgehead atoms. The van der Waals surface area contributed by atoms with Crippen molar-refractivity contribution in [1.29, 1.82) is 5.26 Å². The fraction of sp³-hybridized carbons (Fsp3) is 0.333. The number of carbonyl (C=O) groups is 1. The number of nitriles is 1. The lowest BCUT2D eigenvalue weighted by Crippen LogP contribution is -2.01. The van der Waals surface area contributed by atoms with Crippen LogP contribution in [-0.2, 0) is 9.53 Å². The van der Waals surface area contributed by atoms with Crippen LogP contribution in [0.15, 0.2) is 61.2 Å². The third-order valence-corrected chi connectivity index (χ3v) is 4.42. The molecule has 4 nitrogen and oxygen atoms in total. The van der Waals surface area contributed by atoms with Crippen LogP contribution in [0.4, 0.5) is 0 Å². The Labute approximate surface area is 167 Å². The van der Waals surface area contributed by atoms with Crippen molar-refractivity contribution in [2.45, 2.75) is 38.5 Å². The van der Waals surface area contributed by atoms with Gasteiger partial charge in [0.2, 0.25) is 0 Å². The fourth-order valence-corrected chi connectivity index (χ4v) is 2.81. The molecule has 0 spiro atoms. The van der Waals surface area contributed by atoms with Crippen LogP contribution >= 0.6 is 0 Å². The van der Waals surface area contributed by atoms with E-state index in [0.717, 1.165) is 55.4 Å². The van der Waals surface area contributed by atoms with Crippen LogP contribution in [0.5, 0.6) is 5.75 Å². The molecule has 0 unspecified atom stereocenters. The lowest BCUT2D eigenvalue weighted by atomic mass is 10.0. The summed E-state index contributed by atoms with van der Waals surface area (Å²) in [4.78, 5) is 10.9. The summed E-state index contributed by atoms with van der Waals surface area (Å²) < 4.78 is 10.7. The van der Waals surface area contributed by atoms with Crippen LogP contribution in [0.2, 0.25) is 0 Å². The molecule has 0 aromatic heterocycles. The Bertz CT molecular complexity index is 773. The predicted molar refractivity (Wildman–Crippen MR) is 111 cm³/mol. The van der Waals surface area contributed by atoms with Gasteiger partial charge in [-0.05, 0) is 48.2 Å². The summed E-state index contributed by atoms with van der Waals surface area (Å²) in [5, 5.41) is 8.86. The summed E-state index contributed by atoms with van der Waals surface area (Å²) in [5.74, 6) is 0.531. The molecule has 2 aromatic rings. The Morgan fingerprint density at radius 2 is 1.39 bits per heavy atom. The van der Waals surface area contributed by atoms with E-state index in [-0.39, 0.29) is 5.97 Å². The van der Waals surface area contributed by atoms with Gasteiger partial charge in [-0.25, -0.2) is 4.79 Å². The smallest absolute Gasteiger partial charge is 0.330 e. The minimum Gasteiger partial charge on any atom is -0.494 e. The van der Waals surface area contributed by atoms with Gasteiger partial charge in [0, 0.05) is 6.08 Å². The molecule has 0 heterocycles. The molecule has 0 fully saturated rings. The Hall–Kier alpha value is -3.06. The van der Waals surface area contributed by atoms with E-state index in [2.05, 4.69) is 12.6 Å². The SMILES string of the molecule is C=CC(=O)OCCCCCCCCOc1ccc(-c2ccc(C#N)cc2)cc1. The van der Waals surface area contributed by atoms with Crippen LogP contribution in [0.3, 0.4) is 0 Å². The monoisotopic (exact) mass is 377 g/mol. The standard InChI is InChI=1S/C24H27NO3/c1-2-24(26)28-18-8-6-4-3-5-7-17-27-23-15-13-22(14-16-23)21-11-9-20(19-25)10-12-21/h2,9-16H,1,3-8,17-18H2. The van der Waals surface area contributed by atoms with Gasteiger partial charge >= 0.3 is 5.97 Å². The number of ether oxygens (including phenoxy) is 2. The van der Waals surface area contributed by atoms with E-state index in [1.54, 1.807) is 0 Å². The van der Waals surface area contributed by atoms with Gasteiger partial charge in [0.1, 0.15) is 5.75 Å². The van der Waals surface area contributed by atoms with Crippen molar-refractivity contribution < 1.29 is 14.3 Å². The molecule has 0 amide bonds. The molecule has 2 rings (SSSR count). The number of benzene rings is 2. The lowest BCUT2D eigenvalue weighted by molar-refractivity contribution is -0.137. The van der Waals surface area contributed by atoms with E-state index in [1.165, 1.54) is 6.08 Å². The molecule has 0 saturated heterocycles. The topological polar surface area (TPSA) is 59.3 Å².